The van der Waals surface area contributed by atoms with Gasteiger partial charge in [-0.1, -0.05) is 5.92 Å². The van der Waals surface area contributed by atoms with Crippen LogP contribution in [-0.4, -0.2) is 16.4 Å². The van der Waals surface area contributed by atoms with Gasteiger partial charge in [-0.25, -0.2) is 4.68 Å². The number of terminal acetylenes is 1. The van der Waals surface area contributed by atoms with Gasteiger partial charge in [0.1, 0.15) is 11.6 Å². The molecule has 66 valence electrons. The van der Waals surface area contributed by atoms with Gasteiger partial charge in [-0.05, 0) is 6.92 Å². The Morgan fingerprint density at radius 1 is 1.69 bits per heavy atom. The van der Waals surface area contributed by atoms with E-state index in [9.17, 15) is 0 Å². The quantitative estimate of drug-likeness (QED) is 0.619. The minimum atomic E-state index is 0.146. The van der Waals surface area contributed by atoms with E-state index < -0.39 is 0 Å². The molecule has 0 unspecified atom stereocenters. The monoisotopic (exact) mass is 175 g/mol. The van der Waals surface area contributed by atoms with Crippen molar-refractivity contribution >= 4 is 0 Å². The van der Waals surface area contributed by atoms with E-state index in [0.717, 1.165) is 0 Å². The van der Waals surface area contributed by atoms with Crippen LogP contribution in [0.3, 0.4) is 0 Å². The molecule has 1 aromatic rings. The maximum atomic E-state index is 8.78. The van der Waals surface area contributed by atoms with Crippen molar-refractivity contribution in [2.45, 2.75) is 6.92 Å². The first-order valence-corrected chi connectivity index (χ1v) is 3.70. The Hall–Kier alpha value is -1.94. The zero-order valence-corrected chi connectivity index (χ0v) is 7.53. The normalized spacial score (nSPS) is 8.92. The van der Waals surface area contributed by atoms with Gasteiger partial charge in [-0.3, -0.25) is 0 Å². The van der Waals surface area contributed by atoms with Gasteiger partial charge in [0.15, 0.2) is 6.61 Å². The number of aryl methyl sites for hydroxylation is 2. The number of hydrogen-bond acceptors (Lipinski definition) is 3. The molecular weight excluding hydrogens is 166 g/mol. The molecule has 0 amide bonds. The van der Waals surface area contributed by atoms with Crippen LogP contribution in [0.25, 0.3) is 0 Å². The molecule has 0 fully saturated rings. The smallest absolute Gasteiger partial charge is 0.231 e. The summed E-state index contributed by atoms with van der Waals surface area (Å²) in [6, 6.07) is 2.02. The lowest BCUT2D eigenvalue weighted by molar-refractivity contribution is 0.334. The first-order valence-electron chi connectivity index (χ1n) is 3.70. The van der Waals surface area contributed by atoms with Crippen LogP contribution < -0.4 is 4.74 Å². The molecule has 1 rings (SSSR count). The molecule has 0 aliphatic heterocycles. The summed E-state index contributed by atoms with van der Waals surface area (Å²) >= 11 is 0. The fraction of sp³-hybridized carbons (Fsp3) is 0.333. The van der Waals surface area contributed by atoms with E-state index in [1.165, 1.54) is 4.68 Å². The molecule has 1 heterocycles. The highest BCUT2D eigenvalue weighted by Crippen LogP contribution is 2.19. The number of rotatable bonds is 2. The van der Waals surface area contributed by atoms with E-state index in [0.29, 0.717) is 17.1 Å². The molecule has 0 atom stereocenters. The van der Waals surface area contributed by atoms with Gasteiger partial charge < -0.3 is 4.74 Å². The van der Waals surface area contributed by atoms with Crippen molar-refractivity contribution in [3.8, 4) is 24.3 Å². The van der Waals surface area contributed by atoms with Crippen molar-refractivity contribution < 1.29 is 4.74 Å². The number of hydrogen-bond donors (Lipinski definition) is 0. The van der Waals surface area contributed by atoms with E-state index in [-0.39, 0.29) is 6.61 Å². The number of aromatic nitrogens is 2. The summed E-state index contributed by atoms with van der Waals surface area (Å²) in [4.78, 5) is 0. The van der Waals surface area contributed by atoms with Crippen molar-refractivity contribution in [3.63, 3.8) is 0 Å². The minimum absolute atomic E-state index is 0.146. The van der Waals surface area contributed by atoms with Crippen LogP contribution in [0.5, 0.6) is 5.88 Å². The second-order valence-corrected chi connectivity index (χ2v) is 2.49. The van der Waals surface area contributed by atoms with Gasteiger partial charge in [0, 0.05) is 7.05 Å². The predicted molar refractivity (Wildman–Crippen MR) is 47.0 cm³/mol. The van der Waals surface area contributed by atoms with Gasteiger partial charge in [0.05, 0.1) is 5.69 Å². The van der Waals surface area contributed by atoms with Crippen LogP contribution in [0.1, 0.15) is 11.3 Å². The van der Waals surface area contributed by atoms with Crippen LogP contribution in [0, 0.1) is 30.6 Å². The SMILES string of the molecule is C#CCOc1c(C#N)c(C)nn1C. The molecule has 0 bridgehead atoms. The lowest BCUT2D eigenvalue weighted by Gasteiger charge is -2.01. The Kier molecular flexibility index (Phi) is 2.56. The van der Waals surface area contributed by atoms with E-state index in [1.54, 1.807) is 14.0 Å². The minimum Gasteiger partial charge on any atom is -0.464 e. The van der Waals surface area contributed by atoms with E-state index in [4.69, 9.17) is 16.4 Å². The van der Waals surface area contributed by atoms with Crippen molar-refractivity contribution in [3.05, 3.63) is 11.3 Å². The second-order valence-electron chi connectivity index (χ2n) is 2.49. The van der Waals surface area contributed by atoms with E-state index in [2.05, 4.69) is 11.0 Å². The van der Waals surface area contributed by atoms with Gasteiger partial charge in [0.2, 0.25) is 5.88 Å². The maximum absolute atomic E-state index is 8.78. The molecule has 0 radical (unpaired) electrons. The Labute approximate surface area is 76.7 Å². The van der Waals surface area contributed by atoms with Gasteiger partial charge in [-0.2, -0.15) is 10.4 Å². The third-order valence-corrected chi connectivity index (χ3v) is 1.57. The van der Waals surface area contributed by atoms with Gasteiger partial charge in [0.25, 0.3) is 0 Å². The molecule has 4 heteroatoms. The fourth-order valence-corrected chi connectivity index (χ4v) is 1.04. The molecule has 0 saturated heterocycles. The highest BCUT2D eigenvalue weighted by atomic mass is 16.5. The lowest BCUT2D eigenvalue weighted by atomic mass is 10.3. The highest BCUT2D eigenvalue weighted by Gasteiger charge is 2.13. The number of nitrogens with zero attached hydrogens (tertiary/aromatic N) is 3. The van der Waals surface area contributed by atoms with Crippen LogP contribution in [0.2, 0.25) is 0 Å². The highest BCUT2D eigenvalue weighted by molar-refractivity contribution is 5.42. The zero-order chi connectivity index (χ0) is 9.84. The topological polar surface area (TPSA) is 50.8 Å². The molecule has 0 aliphatic carbocycles. The summed E-state index contributed by atoms with van der Waals surface area (Å²) < 4.78 is 6.68. The van der Waals surface area contributed by atoms with Crippen molar-refractivity contribution in [1.29, 1.82) is 5.26 Å². The van der Waals surface area contributed by atoms with E-state index >= 15 is 0 Å². The Bertz CT molecular complexity index is 392. The van der Waals surface area contributed by atoms with Crippen LogP contribution in [-0.2, 0) is 7.05 Å². The van der Waals surface area contributed by atoms with Gasteiger partial charge >= 0.3 is 0 Å². The standard InChI is InChI=1S/C9H9N3O/c1-4-5-13-9-8(6-10)7(2)11-12(9)3/h1H,5H2,2-3H3. The van der Waals surface area contributed by atoms with E-state index in [1.807, 2.05) is 6.07 Å². The van der Waals surface area contributed by atoms with Crippen molar-refractivity contribution in [2.24, 2.45) is 7.05 Å². The average molecular weight is 175 g/mol. The molecular formula is C9H9N3O. The third-order valence-electron chi connectivity index (χ3n) is 1.57. The molecule has 0 N–H and O–H groups in total. The molecule has 0 aliphatic rings. The van der Waals surface area contributed by atoms with Crippen LogP contribution in [0.4, 0.5) is 0 Å². The van der Waals surface area contributed by atoms with Crippen LogP contribution in [0.15, 0.2) is 0 Å². The lowest BCUT2D eigenvalue weighted by Crippen LogP contribution is -2.01. The fourth-order valence-electron chi connectivity index (χ4n) is 1.04. The molecule has 0 aromatic carbocycles. The molecule has 1 aromatic heterocycles. The first-order chi connectivity index (χ1) is 6.20. The first kappa shape index (κ1) is 9.15. The number of nitriles is 1. The molecule has 0 saturated carbocycles. The maximum Gasteiger partial charge on any atom is 0.231 e. The summed E-state index contributed by atoms with van der Waals surface area (Å²) in [5.41, 5.74) is 1.09. The summed E-state index contributed by atoms with van der Waals surface area (Å²) in [7, 11) is 1.71. The molecule has 4 nitrogen and oxygen atoms in total. The van der Waals surface area contributed by atoms with Crippen molar-refractivity contribution in [2.75, 3.05) is 6.61 Å². The molecule has 13 heavy (non-hydrogen) atoms. The van der Waals surface area contributed by atoms with Crippen LogP contribution >= 0.6 is 0 Å². The predicted octanol–water partition coefficient (Wildman–Crippen LogP) is 0.612. The Balaban J connectivity index is 3.06. The Morgan fingerprint density at radius 3 is 2.92 bits per heavy atom. The summed E-state index contributed by atoms with van der Waals surface area (Å²) in [5, 5.41) is 12.8. The summed E-state index contributed by atoms with van der Waals surface area (Å²) in [5.74, 6) is 2.76. The largest absolute Gasteiger partial charge is 0.464 e. The average Bonchev–Trinajstić information content (AvgIpc) is 2.37. The zero-order valence-electron chi connectivity index (χ0n) is 7.53. The third kappa shape index (κ3) is 1.62. The van der Waals surface area contributed by atoms with Gasteiger partial charge in [-0.15, -0.1) is 6.42 Å². The summed E-state index contributed by atoms with van der Waals surface area (Å²) in [6.45, 7) is 1.90. The Morgan fingerprint density at radius 2 is 2.38 bits per heavy atom. The summed E-state index contributed by atoms with van der Waals surface area (Å²) in [6.07, 6.45) is 5.04. The van der Waals surface area contributed by atoms with Crippen molar-refractivity contribution in [1.82, 2.24) is 9.78 Å². The molecule has 0 spiro atoms. The number of ether oxygens (including phenoxy) is 1. The second kappa shape index (κ2) is 3.64.